The lowest BCUT2D eigenvalue weighted by atomic mass is 10.2. The molecule has 0 saturated carbocycles. The van der Waals surface area contributed by atoms with Crippen LogP contribution in [0.15, 0.2) is 29.3 Å². The quantitative estimate of drug-likeness (QED) is 0.210. The zero-order valence-corrected chi connectivity index (χ0v) is 21.0. The minimum Gasteiger partial charge on any atom is -0.497 e. The Morgan fingerprint density at radius 1 is 1.30 bits per heavy atom. The minimum atomic E-state index is 0. The Bertz CT molecular complexity index is 652. The Labute approximate surface area is 198 Å². The van der Waals surface area contributed by atoms with Crippen molar-refractivity contribution in [2.75, 3.05) is 39.9 Å². The normalized spacial score (nSPS) is 16.4. The average molecular weight is 532 g/mol. The summed E-state index contributed by atoms with van der Waals surface area (Å²) in [5.41, 5.74) is 1.13. The first-order valence-electron chi connectivity index (χ1n) is 10.6. The molecule has 1 aliphatic heterocycles. The maximum Gasteiger partial charge on any atom is 0.225 e. The number of carbonyl (C=O) groups excluding carboxylic acids is 1. The zero-order valence-electron chi connectivity index (χ0n) is 18.6. The van der Waals surface area contributed by atoms with E-state index in [1.165, 1.54) is 0 Å². The standard InChI is InChI=1S/C22H36N4O3.HI/c1-5-23-22(25-19-11-13-26(15-19)21(27)17(2)3)24-12-6-14-29-16-18-7-9-20(28-4)10-8-18;/h7-10,17,19H,5-6,11-16H2,1-4H3,(H2,23,24,25);1H. The first kappa shape index (κ1) is 26.5. The lowest BCUT2D eigenvalue weighted by Gasteiger charge is -2.20. The van der Waals surface area contributed by atoms with Crippen LogP contribution < -0.4 is 15.4 Å². The lowest BCUT2D eigenvalue weighted by molar-refractivity contribution is -0.133. The second-order valence-corrected chi connectivity index (χ2v) is 7.58. The highest BCUT2D eigenvalue weighted by Gasteiger charge is 2.27. The van der Waals surface area contributed by atoms with Crippen LogP contribution >= 0.6 is 24.0 Å². The molecule has 30 heavy (non-hydrogen) atoms. The van der Waals surface area contributed by atoms with Gasteiger partial charge in [0.25, 0.3) is 0 Å². The van der Waals surface area contributed by atoms with E-state index in [0.29, 0.717) is 19.8 Å². The number of nitrogens with one attached hydrogen (secondary N) is 2. The van der Waals surface area contributed by atoms with E-state index < -0.39 is 0 Å². The molecular weight excluding hydrogens is 495 g/mol. The van der Waals surface area contributed by atoms with Crippen LogP contribution in [0, 0.1) is 5.92 Å². The van der Waals surface area contributed by atoms with E-state index >= 15 is 0 Å². The highest BCUT2D eigenvalue weighted by molar-refractivity contribution is 14.0. The van der Waals surface area contributed by atoms with Crippen LogP contribution in [0.1, 0.15) is 39.2 Å². The van der Waals surface area contributed by atoms with Gasteiger partial charge in [0.05, 0.1) is 13.7 Å². The molecule has 7 nitrogen and oxygen atoms in total. The third kappa shape index (κ3) is 9.07. The number of guanidine groups is 1. The molecular formula is C22H37IN4O3. The molecule has 1 aromatic rings. The number of rotatable bonds is 10. The molecule has 1 heterocycles. The van der Waals surface area contributed by atoms with Gasteiger partial charge >= 0.3 is 0 Å². The van der Waals surface area contributed by atoms with Crippen LogP contribution in [0.5, 0.6) is 5.75 Å². The van der Waals surface area contributed by atoms with Crippen molar-refractivity contribution >= 4 is 35.8 Å². The molecule has 0 aliphatic carbocycles. The van der Waals surface area contributed by atoms with Crippen LogP contribution in [0.3, 0.4) is 0 Å². The fourth-order valence-electron chi connectivity index (χ4n) is 3.23. The van der Waals surface area contributed by atoms with Gasteiger partial charge in [-0.05, 0) is 37.5 Å². The van der Waals surface area contributed by atoms with E-state index in [2.05, 4.69) is 22.5 Å². The molecule has 170 valence electrons. The number of ether oxygens (including phenoxy) is 2. The number of hydrogen-bond acceptors (Lipinski definition) is 4. The monoisotopic (exact) mass is 532 g/mol. The van der Waals surface area contributed by atoms with Gasteiger partial charge < -0.3 is 25.0 Å². The molecule has 0 radical (unpaired) electrons. The summed E-state index contributed by atoms with van der Waals surface area (Å²) in [5, 5.41) is 6.75. The number of aliphatic imine (C=N–C) groups is 1. The largest absolute Gasteiger partial charge is 0.497 e. The van der Waals surface area contributed by atoms with Gasteiger partial charge in [-0.1, -0.05) is 26.0 Å². The van der Waals surface area contributed by atoms with Crippen LogP contribution in [0.2, 0.25) is 0 Å². The van der Waals surface area contributed by atoms with Crippen molar-refractivity contribution in [3.8, 4) is 5.75 Å². The van der Waals surface area contributed by atoms with E-state index in [9.17, 15) is 4.79 Å². The van der Waals surface area contributed by atoms with E-state index in [1.54, 1.807) is 7.11 Å². The lowest BCUT2D eigenvalue weighted by Crippen LogP contribution is -2.45. The van der Waals surface area contributed by atoms with Gasteiger partial charge in [-0.25, -0.2) is 0 Å². The highest BCUT2D eigenvalue weighted by atomic mass is 127. The second-order valence-electron chi connectivity index (χ2n) is 7.58. The molecule has 8 heteroatoms. The Kier molecular flexibility index (Phi) is 12.8. The Morgan fingerprint density at radius 3 is 2.67 bits per heavy atom. The number of carbonyl (C=O) groups is 1. The van der Waals surface area contributed by atoms with Crippen molar-refractivity contribution in [1.29, 1.82) is 0 Å². The molecule has 0 bridgehead atoms. The van der Waals surface area contributed by atoms with Crippen molar-refractivity contribution < 1.29 is 14.3 Å². The molecule has 2 rings (SSSR count). The number of methoxy groups -OCH3 is 1. The maximum atomic E-state index is 12.1. The molecule has 1 unspecified atom stereocenters. The molecule has 1 aromatic carbocycles. The molecule has 0 spiro atoms. The van der Waals surface area contributed by atoms with E-state index in [1.807, 2.05) is 43.0 Å². The highest BCUT2D eigenvalue weighted by Crippen LogP contribution is 2.13. The molecule has 2 N–H and O–H groups in total. The summed E-state index contributed by atoms with van der Waals surface area (Å²) in [5.74, 6) is 1.94. The van der Waals surface area contributed by atoms with E-state index in [-0.39, 0.29) is 41.8 Å². The number of nitrogens with zero attached hydrogens (tertiary/aromatic N) is 2. The van der Waals surface area contributed by atoms with Crippen LogP contribution in [0.25, 0.3) is 0 Å². The zero-order chi connectivity index (χ0) is 21.1. The van der Waals surface area contributed by atoms with Crippen molar-refractivity contribution in [2.24, 2.45) is 10.9 Å². The first-order chi connectivity index (χ1) is 14.0. The third-order valence-electron chi connectivity index (χ3n) is 4.82. The summed E-state index contributed by atoms with van der Waals surface area (Å²) >= 11 is 0. The van der Waals surface area contributed by atoms with Crippen molar-refractivity contribution in [3.63, 3.8) is 0 Å². The van der Waals surface area contributed by atoms with Crippen molar-refractivity contribution in [3.05, 3.63) is 29.8 Å². The summed E-state index contributed by atoms with van der Waals surface area (Å²) in [6.45, 7) is 10.3. The first-order valence-corrected chi connectivity index (χ1v) is 10.6. The third-order valence-corrected chi connectivity index (χ3v) is 4.82. The number of benzene rings is 1. The summed E-state index contributed by atoms with van der Waals surface area (Å²) in [6.07, 6.45) is 1.81. The van der Waals surface area contributed by atoms with Gasteiger partial charge in [0, 0.05) is 44.7 Å². The van der Waals surface area contributed by atoms with Crippen molar-refractivity contribution in [2.45, 2.75) is 46.3 Å². The molecule has 0 aromatic heterocycles. The Morgan fingerprint density at radius 2 is 2.03 bits per heavy atom. The Balaban J connectivity index is 0.00000450. The fourth-order valence-corrected chi connectivity index (χ4v) is 3.23. The van der Waals surface area contributed by atoms with Gasteiger partial charge in [-0.2, -0.15) is 0 Å². The second kappa shape index (κ2) is 14.5. The van der Waals surface area contributed by atoms with Gasteiger partial charge in [-0.3, -0.25) is 9.79 Å². The van der Waals surface area contributed by atoms with Crippen LogP contribution in [0.4, 0.5) is 0 Å². The van der Waals surface area contributed by atoms with Crippen LogP contribution in [-0.4, -0.2) is 62.7 Å². The smallest absolute Gasteiger partial charge is 0.225 e. The van der Waals surface area contributed by atoms with E-state index in [0.717, 1.165) is 49.7 Å². The van der Waals surface area contributed by atoms with Gasteiger partial charge in [0.2, 0.25) is 5.91 Å². The van der Waals surface area contributed by atoms with Crippen LogP contribution in [-0.2, 0) is 16.1 Å². The summed E-state index contributed by atoms with van der Waals surface area (Å²) in [7, 11) is 1.66. The molecule has 1 atom stereocenters. The average Bonchev–Trinajstić information content (AvgIpc) is 3.18. The molecule has 1 saturated heterocycles. The van der Waals surface area contributed by atoms with Gasteiger partial charge in [0.15, 0.2) is 5.96 Å². The number of amides is 1. The predicted octanol–water partition coefficient (Wildman–Crippen LogP) is 3.03. The minimum absolute atomic E-state index is 0. The van der Waals surface area contributed by atoms with Gasteiger partial charge in [0.1, 0.15) is 5.75 Å². The summed E-state index contributed by atoms with van der Waals surface area (Å²) in [4.78, 5) is 18.7. The molecule has 1 fully saturated rings. The van der Waals surface area contributed by atoms with E-state index in [4.69, 9.17) is 9.47 Å². The summed E-state index contributed by atoms with van der Waals surface area (Å²) < 4.78 is 10.9. The maximum absolute atomic E-state index is 12.1. The predicted molar refractivity (Wildman–Crippen MR) is 132 cm³/mol. The summed E-state index contributed by atoms with van der Waals surface area (Å²) in [6, 6.07) is 8.16. The topological polar surface area (TPSA) is 75.2 Å². The number of hydrogen-bond donors (Lipinski definition) is 2. The molecule has 1 aliphatic rings. The number of halogens is 1. The number of likely N-dealkylation sites (tertiary alicyclic amines) is 1. The van der Waals surface area contributed by atoms with Gasteiger partial charge in [-0.15, -0.1) is 24.0 Å². The SMILES string of the molecule is CCNC(=NCCCOCc1ccc(OC)cc1)NC1CCN(C(=O)C(C)C)C1.I. The molecule has 1 amide bonds. The Hall–Kier alpha value is -1.55. The fraction of sp³-hybridized carbons (Fsp3) is 0.636. The van der Waals surface area contributed by atoms with Crippen molar-refractivity contribution in [1.82, 2.24) is 15.5 Å².